The van der Waals surface area contributed by atoms with Crippen LogP contribution in [0, 0.1) is 5.82 Å². The Kier molecular flexibility index (Phi) is 13.7. The van der Waals surface area contributed by atoms with Crippen LogP contribution in [0.2, 0.25) is 0 Å². The number of hydrogen-bond acceptors (Lipinski definition) is 5. The molecule has 16 heteroatoms. The molecule has 0 aliphatic carbocycles. The predicted octanol–water partition coefficient (Wildman–Crippen LogP) is 5.85. The molecule has 2 aromatic rings. The van der Waals surface area contributed by atoms with Gasteiger partial charge in [-0.25, -0.2) is 4.39 Å². The molecule has 0 radical (unpaired) electrons. The average molecular weight is 614 g/mol. The number of carbonyl (C=O) groups is 3. The van der Waals surface area contributed by atoms with Gasteiger partial charge in [0.1, 0.15) is 23.8 Å². The summed E-state index contributed by atoms with van der Waals surface area (Å²) in [7, 11) is 0. The number of nitrogens with zero attached hydrogens (tertiary/aromatic N) is 2. The van der Waals surface area contributed by atoms with Crippen LogP contribution in [0.25, 0.3) is 0 Å². The van der Waals surface area contributed by atoms with Crippen LogP contribution in [0.15, 0.2) is 24.4 Å². The van der Waals surface area contributed by atoms with Crippen molar-refractivity contribution in [1.29, 1.82) is 0 Å². The molecule has 3 amide bonds. The Labute approximate surface area is 238 Å². The first-order valence-corrected chi connectivity index (χ1v) is 12.9. The van der Waals surface area contributed by atoms with Gasteiger partial charge in [0, 0.05) is 23.9 Å². The van der Waals surface area contributed by atoms with E-state index in [1.807, 2.05) is 5.32 Å². The van der Waals surface area contributed by atoms with Crippen LogP contribution in [-0.4, -0.2) is 53.1 Å². The first kappa shape index (κ1) is 36.2. The lowest BCUT2D eigenvalue weighted by Crippen LogP contribution is -2.36. The fourth-order valence-electron chi connectivity index (χ4n) is 3.40. The Hall–Kier alpha value is -3.85. The molecule has 3 N–H and O–H groups in total. The summed E-state index contributed by atoms with van der Waals surface area (Å²) in [6, 6.07) is 2.06. The van der Waals surface area contributed by atoms with Gasteiger partial charge in [0.2, 0.25) is 11.8 Å². The Morgan fingerprint density at radius 2 is 1.62 bits per heavy atom. The third-order valence-corrected chi connectivity index (χ3v) is 5.43. The van der Waals surface area contributed by atoms with E-state index in [1.165, 1.54) is 41.5 Å². The summed E-state index contributed by atoms with van der Waals surface area (Å²) < 4.78 is 95.6. The molecule has 0 spiro atoms. The highest BCUT2D eigenvalue weighted by molar-refractivity contribution is 5.98. The minimum Gasteiger partial charge on any atom is -0.405 e. The minimum absolute atomic E-state index is 0.122. The van der Waals surface area contributed by atoms with Gasteiger partial charge in [0.25, 0.3) is 5.91 Å². The van der Waals surface area contributed by atoms with E-state index in [9.17, 15) is 45.1 Å². The highest BCUT2D eigenvalue weighted by Crippen LogP contribution is 2.35. The predicted molar refractivity (Wildman–Crippen MR) is 139 cm³/mol. The second-order valence-electron chi connectivity index (χ2n) is 9.31. The van der Waals surface area contributed by atoms with Gasteiger partial charge < -0.3 is 20.7 Å². The van der Waals surface area contributed by atoms with Crippen molar-refractivity contribution in [3.63, 3.8) is 0 Å². The van der Waals surface area contributed by atoms with Crippen LogP contribution in [0.1, 0.15) is 81.9 Å². The molecule has 0 saturated heterocycles. The summed E-state index contributed by atoms with van der Waals surface area (Å²) in [5.41, 5.74) is -1.39. The van der Waals surface area contributed by atoms with Crippen molar-refractivity contribution >= 4 is 23.4 Å². The fraction of sp³-hybridized carbons (Fsp3) is 0.538. The van der Waals surface area contributed by atoms with Crippen molar-refractivity contribution < 1.29 is 49.9 Å². The molecule has 1 aromatic heterocycles. The van der Waals surface area contributed by atoms with E-state index in [0.717, 1.165) is 6.92 Å². The summed E-state index contributed by atoms with van der Waals surface area (Å²) in [6.07, 6.45) is -4.67. The van der Waals surface area contributed by atoms with Crippen LogP contribution in [0.4, 0.5) is 36.4 Å². The molecular formula is C26H34F7N5O4. The highest BCUT2D eigenvalue weighted by Gasteiger charge is 2.35. The minimum atomic E-state index is -5.32. The quantitative estimate of drug-likeness (QED) is 0.275. The number of hydrogen-bond donors (Lipinski definition) is 3. The number of halogens is 7. The Bertz CT molecular complexity index is 1190. The van der Waals surface area contributed by atoms with E-state index in [1.54, 1.807) is 13.8 Å². The van der Waals surface area contributed by atoms with Gasteiger partial charge in [-0.2, -0.15) is 18.3 Å². The number of aromatic nitrogens is 2. The van der Waals surface area contributed by atoms with Crippen LogP contribution >= 0.6 is 0 Å². The van der Waals surface area contributed by atoms with Gasteiger partial charge in [-0.1, -0.05) is 33.1 Å². The van der Waals surface area contributed by atoms with Crippen LogP contribution < -0.4 is 20.7 Å². The van der Waals surface area contributed by atoms with E-state index < -0.39 is 72.1 Å². The monoisotopic (exact) mass is 613 g/mol. The van der Waals surface area contributed by atoms with Crippen molar-refractivity contribution in [1.82, 2.24) is 20.4 Å². The fourth-order valence-corrected chi connectivity index (χ4v) is 3.40. The largest absolute Gasteiger partial charge is 0.573 e. The van der Waals surface area contributed by atoms with Crippen molar-refractivity contribution in [3.8, 4) is 5.75 Å². The molecule has 0 fully saturated rings. The number of unbranched alkanes of at least 4 members (excludes halogenated alkanes) is 2. The summed E-state index contributed by atoms with van der Waals surface area (Å²) >= 11 is 0. The Morgan fingerprint density at radius 1 is 1.00 bits per heavy atom. The number of carbonyl (C=O) groups excluding carboxylic acids is 3. The van der Waals surface area contributed by atoms with Crippen LogP contribution in [0.5, 0.6) is 5.75 Å². The third-order valence-electron chi connectivity index (χ3n) is 5.43. The SMILES string of the molecule is CC(C(=O)NCC(F)(F)F)c1cc(F)c(NC(=O)CNC(=O)c2ccnn2C(C)C)cc1OC(F)(F)F.CCCCC. The number of benzene rings is 1. The van der Waals surface area contributed by atoms with Gasteiger partial charge in [-0.05, 0) is 32.9 Å². The lowest BCUT2D eigenvalue weighted by molar-refractivity contribution is -0.275. The Morgan fingerprint density at radius 3 is 2.12 bits per heavy atom. The molecule has 42 heavy (non-hydrogen) atoms. The van der Waals surface area contributed by atoms with Crippen molar-refractivity contribution in [2.24, 2.45) is 0 Å². The molecule has 0 saturated carbocycles. The number of nitrogens with one attached hydrogen (secondary N) is 3. The molecule has 2 rings (SSSR count). The van der Waals surface area contributed by atoms with Gasteiger partial charge in [0.05, 0.1) is 18.2 Å². The maximum Gasteiger partial charge on any atom is 0.573 e. The molecule has 0 aliphatic rings. The zero-order valence-corrected chi connectivity index (χ0v) is 23.7. The van der Waals surface area contributed by atoms with E-state index in [0.29, 0.717) is 12.1 Å². The number of alkyl halides is 6. The van der Waals surface area contributed by atoms with Crippen molar-refractivity contribution in [2.45, 2.75) is 78.4 Å². The normalized spacial score (nSPS) is 12.2. The van der Waals surface area contributed by atoms with E-state index >= 15 is 0 Å². The van der Waals surface area contributed by atoms with Gasteiger partial charge in [0.15, 0.2) is 0 Å². The molecule has 0 aliphatic heterocycles. The maximum absolute atomic E-state index is 14.6. The summed E-state index contributed by atoms with van der Waals surface area (Å²) in [6.45, 7) is 6.42. The average Bonchev–Trinajstić information content (AvgIpc) is 3.37. The van der Waals surface area contributed by atoms with Crippen LogP contribution in [-0.2, 0) is 9.59 Å². The standard InChI is InChI=1S/C21H22F7N5O4.C5H12/c1-10(2)33-15(4-5-31-33)19(36)29-8-17(34)32-14-7-16(37-21(26,27)28)12(6-13(14)22)11(3)18(35)30-9-20(23,24)25;1-3-5-4-2/h4-7,10-11H,8-9H2,1-3H3,(H,29,36)(H,30,35)(H,32,34);3-5H2,1-2H3. The molecule has 1 atom stereocenters. The third kappa shape index (κ3) is 12.3. The molecule has 1 heterocycles. The second kappa shape index (κ2) is 16.0. The Balaban J connectivity index is 0.00000162. The summed E-state index contributed by atoms with van der Waals surface area (Å²) in [5, 5.41) is 9.66. The van der Waals surface area contributed by atoms with Gasteiger partial charge >= 0.3 is 12.5 Å². The van der Waals surface area contributed by atoms with Crippen molar-refractivity contribution in [2.75, 3.05) is 18.4 Å². The molecule has 236 valence electrons. The van der Waals surface area contributed by atoms with Crippen LogP contribution in [0.3, 0.4) is 0 Å². The highest BCUT2D eigenvalue weighted by atomic mass is 19.4. The van der Waals surface area contributed by atoms with Gasteiger partial charge in [-0.15, -0.1) is 13.2 Å². The van der Waals surface area contributed by atoms with E-state index in [2.05, 4.69) is 29.0 Å². The molecule has 1 aromatic carbocycles. The lowest BCUT2D eigenvalue weighted by atomic mass is 9.98. The topological polar surface area (TPSA) is 114 Å². The smallest absolute Gasteiger partial charge is 0.405 e. The molecule has 0 bridgehead atoms. The summed E-state index contributed by atoms with van der Waals surface area (Å²) in [4.78, 5) is 36.5. The molecular weight excluding hydrogens is 579 g/mol. The second-order valence-corrected chi connectivity index (χ2v) is 9.31. The van der Waals surface area contributed by atoms with Gasteiger partial charge in [-0.3, -0.25) is 19.1 Å². The van der Waals surface area contributed by atoms with E-state index in [-0.39, 0.29) is 11.7 Å². The number of rotatable bonds is 11. The zero-order chi connectivity index (χ0) is 32.3. The first-order chi connectivity index (χ1) is 19.4. The molecule has 1 unspecified atom stereocenters. The number of ether oxygens (including phenoxy) is 1. The first-order valence-electron chi connectivity index (χ1n) is 12.9. The maximum atomic E-state index is 14.6. The lowest BCUT2D eigenvalue weighted by Gasteiger charge is -2.20. The number of amides is 3. The van der Waals surface area contributed by atoms with Crippen molar-refractivity contribution in [3.05, 3.63) is 41.5 Å². The van der Waals surface area contributed by atoms with E-state index in [4.69, 9.17) is 0 Å². The summed E-state index contributed by atoms with van der Waals surface area (Å²) in [5.74, 6) is -7.18. The zero-order valence-electron chi connectivity index (χ0n) is 23.7. The molecule has 9 nitrogen and oxygen atoms in total. The number of anilines is 1.